The van der Waals surface area contributed by atoms with E-state index in [-0.39, 0.29) is 18.5 Å². The van der Waals surface area contributed by atoms with E-state index in [1.165, 1.54) is 4.90 Å². The number of amides is 3. The molecule has 1 N–H and O–H groups in total. The molecule has 0 bridgehead atoms. The van der Waals surface area contributed by atoms with Gasteiger partial charge < -0.3 is 9.80 Å². The molecular weight excluding hydrogens is 376 g/mol. The molecule has 146 valence electrons. The van der Waals surface area contributed by atoms with Gasteiger partial charge in [-0.2, -0.15) is 0 Å². The number of hydrogen-bond donors (Lipinski definition) is 1. The predicted octanol–water partition coefficient (Wildman–Crippen LogP) is 3.12. The quantitative estimate of drug-likeness (QED) is 0.807. The number of carbonyl (C=O) groups is 2. The van der Waals surface area contributed by atoms with Crippen LogP contribution in [0, 0.1) is 6.92 Å². The van der Waals surface area contributed by atoms with Crippen LogP contribution in [0.15, 0.2) is 36.4 Å². The molecule has 2 aliphatic rings. The first-order chi connectivity index (χ1) is 13.4. The number of benzene rings is 2. The summed E-state index contributed by atoms with van der Waals surface area (Å²) >= 11 is 6.08. The topological polar surface area (TPSA) is 55.9 Å². The molecule has 0 spiro atoms. The Morgan fingerprint density at radius 2 is 1.64 bits per heavy atom. The number of imide groups is 1. The molecule has 0 unspecified atom stereocenters. The molecule has 4 rings (SSSR count). The van der Waals surface area contributed by atoms with Gasteiger partial charge >= 0.3 is 6.03 Å². The van der Waals surface area contributed by atoms with Crippen LogP contribution in [0.2, 0.25) is 5.02 Å². The van der Waals surface area contributed by atoms with Crippen LogP contribution in [0.5, 0.6) is 0 Å². The third kappa shape index (κ3) is 3.45. The standard InChI is InChI=1S/C21H23ClN4O2/c1-14-18(26-13-19(27)23-21(26)28)8-7-17(15-3-5-16(22)6-4-15)20(14)25-11-9-24(2)10-12-25/h3-8H,9-13H2,1-2H3,(H,23,27,28). The normalized spacial score (nSPS) is 18.0. The number of piperazine rings is 1. The van der Waals surface area contributed by atoms with Gasteiger partial charge in [0.25, 0.3) is 0 Å². The molecule has 6 nitrogen and oxygen atoms in total. The summed E-state index contributed by atoms with van der Waals surface area (Å²) in [5.41, 5.74) is 5.07. The predicted molar refractivity (Wildman–Crippen MR) is 112 cm³/mol. The lowest BCUT2D eigenvalue weighted by Gasteiger charge is -2.37. The van der Waals surface area contributed by atoms with Crippen LogP contribution in [-0.4, -0.2) is 56.6 Å². The first kappa shape index (κ1) is 18.8. The van der Waals surface area contributed by atoms with Crippen LogP contribution in [-0.2, 0) is 4.79 Å². The Morgan fingerprint density at radius 1 is 0.964 bits per heavy atom. The molecule has 2 aliphatic heterocycles. The summed E-state index contributed by atoms with van der Waals surface area (Å²) in [6.45, 7) is 5.86. The highest BCUT2D eigenvalue weighted by atomic mass is 35.5. The summed E-state index contributed by atoms with van der Waals surface area (Å²) < 4.78 is 0. The molecular formula is C21H23ClN4O2. The lowest BCUT2D eigenvalue weighted by molar-refractivity contribution is -0.117. The van der Waals surface area contributed by atoms with Gasteiger partial charge in [-0.15, -0.1) is 0 Å². The van der Waals surface area contributed by atoms with Crippen molar-refractivity contribution in [2.24, 2.45) is 0 Å². The fourth-order valence-electron chi connectivity index (χ4n) is 3.92. The Morgan fingerprint density at radius 3 is 2.25 bits per heavy atom. The number of anilines is 2. The van der Waals surface area contributed by atoms with Gasteiger partial charge in [0.2, 0.25) is 5.91 Å². The van der Waals surface area contributed by atoms with E-state index in [2.05, 4.69) is 22.2 Å². The Bertz CT molecular complexity index is 921. The monoisotopic (exact) mass is 398 g/mol. The maximum atomic E-state index is 12.2. The molecule has 2 aromatic carbocycles. The maximum absolute atomic E-state index is 12.2. The lowest BCUT2D eigenvalue weighted by atomic mass is 9.97. The molecule has 0 radical (unpaired) electrons. The summed E-state index contributed by atoms with van der Waals surface area (Å²) in [5, 5.41) is 3.06. The molecule has 0 atom stereocenters. The number of halogens is 1. The summed E-state index contributed by atoms with van der Waals surface area (Å²) in [6.07, 6.45) is 0. The average molecular weight is 399 g/mol. The summed E-state index contributed by atoms with van der Waals surface area (Å²) in [6, 6.07) is 11.4. The molecule has 7 heteroatoms. The van der Waals surface area contributed by atoms with Gasteiger partial charge in [-0.25, -0.2) is 4.79 Å². The summed E-state index contributed by atoms with van der Waals surface area (Å²) in [7, 11) is 2.13. The van der Waals surface area contributed by atoms with E-state index in [0.717, 1.165) is 54.2 Å². The minimum Gasteiger partial charge on any atom is -0.368 e. The largest absolute Gasteiger partial charge is 0.368 e. The summed E-state index contributed by atoms with van der Waals surface area (Å²) in [4.78, 5) is 30.1. The van der Waals surface area contributed by atoms with Crippen LogP contribution in [0.3, 0.4) is 0 Å². The van der Waals surface area contributed by atoms with Crippen molar-refractivity contribution in [1.29, 1.82) is 0 Å². The minimum atomic E-state index is -0.364. The summed E-state index contributed by atoms with van der Waals surface area (Å²) in [5.74, 6) is -0.271. The van der Waals surface area contributed by atoms with E-state index in [9.17, 15) is 9.59 Å². The second-order valence-electron chi connectivity index (χ2n) is 7.34. The Labute approximate surface area is 169 Å². The zero-order valence-corrected chi connectivity index (χ0v) is 16.8. The molecule has 2 saturated heterocycles. The van der Waals surface area contributed by atoms with Crippen LogP contribution in [0.25, 0.3) is 11.1 Å². The van der Waals surface area contributed by atoms with E-state index >= 15 is 0 Å². The second-order valence-corrected chi connectivity index (χ2v) is 7.78. The number of rotatable bonds is 3. The Balaban J connectivity index is 1.82. The number of carbonyl (C=O) groups excluding carboxylic acids is 2. The van der Waals surface area contributed by atoms with Gasteiger partial charge in [0.05, 0.1) is 5.69 Å². The van der Waals surface area contributed by atoms with Gasteiger partial charge in [-0.1, -0.05) is 29.8 Å². The number of nitrogens with one attached hydrogen (secondary N) is 1. The van der Waals surface area contributed by atoms with E-state index in [1.54, 1.807) is 0 Å². The van der Waals surface area contributed by atoms with Gasteiger partial charge in [0, 0.05) is 42.5 Å². The van der Waals surface area contributed by atoms with Crippen LogP contribution in [0.4, 0.5) is 16.2 Å². The smallest absolute Gasteiger partial charge is 0.329 e. The number of hydrogen-bond acceptors (Lipinski definition) is 4. The van der Waals surface area contributed by atoms with Gasteiger partial charge in [0.1, 0.15) is 6.54 Å². The van der Waals surface area contributed by atoms with E-state index in [1.807, 2.05) is 43.3 Å². The fraction of sp³-hybridized carbons (Fsp3) is 0.333. The molecule has 28 heavy (non-hydrogen) atoms. The van der Waals surface area contributed by atoms with Gasteiger partial charge in [-0.3, -0.25) is 15.0 Å². The number of nitrogens with zero attached hydrogens (tertiary/aromatic N) is 3. The van der Waals surface area contributed by atoms with Crippen molar-refractivity contribution >= 4 is 34.9 Å². The third-order valence-electron chi connectivity index (χ3n) is 5.46. The van der Waals surface area contributed by atoms with E-state index < -0.39 is 0 Å². The zero-order chi connectivity index (χ0) is 19.8. The molecule has 0 aliphatic carbocycles. The fourth-order valence-corrected chi connectivity index (χ4v) is 4.04. The Kier molecular flexibility index (Phi) is 5.00. The van der Waals surface area contributed by atoms with Crippen molar-refractivity contribution < 1.29 is 9.59 Å². The van der Waals surface area contributed by atoms with Crippen LogP contribution in [0.1, 0.15) is 5.56 Å². The first-order valence-electron chi connectivity index (χ1n) is 9.38. The van der Waals surface area contributed by atoms with E-state index in [4.69, 9.17) is 11.6 Å². The van der Waals surface area contributed by atoms with Crippen molar-refractivity contribution in [1.82, 2.24) is 10.2 Å². The Hall–Kier alpha value is -2.57. The molecule has 0 saturated carbocycles. The van der Waals surface area contributed by atoms with Gasteiger partial charge in [-0.05, 0) is 43.3 Å². The molecule has 2 fully saturated rings. The molecule has 2 aromatic rings. The third-order valence-corrected chi connectivity index (χ3v) is 5.71. The SMILES string of the molecule is Cc1c(N2CC(=O)NC2=O)ccc(-c2ccc(Cl)cc2)c1N1CCN(C)CC1. The van der Waals surface area contributed by atoms with Crippen molar-refractivity contribution in [3.63, 3.8) is 0 Å². The number of likely N-dealkylation sites (N-methyl/N-ethyl adjacent to an activating group) is 1. The highest BCUT2D eigenvalue weighted by molar-refractivity contribution is 6.30. The van der Waals surface area contributed by atoms with Crippen molar-refractivity contribution in [3.05, 3.63) is 47.0 Å². The van der Waals surface area contributed by atoms with Crippen LogP contribution >= 0.6 is 11.6 Å². The molecule has 2 heterocycles. The lowest BCUT2D eigenvalue weighted by Crippen LogP contribution is -2.45. The van der Waals surface area contributed by atoms with Crippen LogP contribution < -0.4 is 15.1 Å². The molecule has 3 amide bonds. The second kappa shape index (κ2) is 7.45. The maximum Gasteiger partial charge on any atom is 0.329 e. The van der Waals surface area contributed by atoms with Crippen molar-refractivity contribution in [2.75, 3.05) is 49.6 Å². The average Bonchev–Trinajstić information content (AvgIpc) is 3.01. The van der Waals surface area contributed by atoms with E-state index in [0.29, 0.717) is 5.02 Å². The zero-order valence-electron chi connectivity index (χ0n) is 16.0. The minimum absolute atomic E-state index is 0.0577. The highest BCUT2D eigenvalue weighted by Gasteiger charge is 2.31. The highest BCUT2D eigenvalue weighted by Crippen LogP contribution is 2.40. The van der Waals surface area contributed by atoms with Crippen molar-refractivity contribution in [3.8, 4) is 11.1 Å². The van der Waals surface area contributed by atoms with Crippen molar-refractivity contribution in [2.45, 2.75) is 6.92 Å². The molecule has 0 aromatic heterocycles. The number of urea groups is 1. The first-order valence-corrected chi connectivity index (χ1v) is 9.76. The van der Waals surface area contributed by atoms with Gasteiger partial charge in [0.15, 0.2) is 0 Å².